The van der Waals surface area contributed by atoms with E-state index in [9.17, 15) is 10.1 Å². The maximum atomic E-state index is 11.2. The molecule has 1 heterocycles. The average Bonchev–Trinajstić information content (AvgIpc) is 2.45. The first-order valence-electron chi connectivity index (χ1n) is 5.93. The summed E-state index contributed by atoms with van der Waals surface area (Å²) in [6.45, 7) is 9.41. The Kier molecular flexibility index (Phi) is 4.08. The van der Waals surface area contributed by atoms with Crippen molar-refractivity contribution in [2.45, 2.75) is 64.2 Å². The van der Waals surface area contributed by atoms with Crippen molar-refractivity contribution in [2.24, 2.45) is 0 Å². The van der Waals surface area contributed by atoms with Gasteiger partial charge in [0.25, 0.3) is 5.54 Å². The number of nitrogens with zero attached hydrogens (tertiary/aromatic N) is 1. The summed E-state index contributed by atoms with van der Waals surface area (Å²) in [7, 11) is 0. The fourth-order valence-corrected chi connectivity index (χ4v) is 2.24. The van der Waals surface area contributed by atoms with Gasteiger partial charge in [0, 0.05) is 17.4 Å². The molecule has 0 saturated carbocycles. The maximum absolute atomic E-state index is 11.2. The zero-order valence-corrected chi connectivity index (χ0v) is 10.4. The van der Waals surface area contributed by atoms with Crippen LogP contribution in [0, 0.1) is 10.1 Å². The van der Waals surface area contributed by atoms with Gasteiger partial charge in [0.15, 0.2) is 0 Å². The second-order valence-electron chi connectivity index (χ2n) is 4.69. The van der Waals surface area contributed by atoms with Crippen molar-refractivity contribution in [3.05, 3.63) is 22.3 Å². The first-order chi connectivity index (χ1) is 7.44. The Bertz CT molecular complexity index is 290. The first kappa shape index (κ1) is 13.2. The third kappa shape index (κ3) is 2.12. The van der Waals surface area contributed by atoms with Crippen molar-refractivity contribution in [3.63, 3.8) is 0 Å². The van der Waals surface area contributed by atoms with Crippen molar-refractivity contribution in [3.8, 4) is 0 Å². The molecule has 0 radical (unpaired) electrons. The van der Waals surface area contributed by atoms with Crippen molar-refractivity contribution < 1.29 is 9.66 Å². The zero-order valence-electron chi connectivity index (χ0n) is 10.4. The van der Waals surface area contributed by atoms with Gasteiger partial charge in [-0.3, -0.25) is 10.1 Å². The molecule has 1 saturated heterocycles. The van der Waals surface area contributed by atoms with E-state index in [2.05, 4.69) is 13.5 Å². The van der Waals surface area contributed by atoms with Gasteiger partial charge in [-0.2, -0.15) is 0 Å². The molecular weight excluding hydrogens is 206 g/mol. The molecule has 92 valence electrons. The molecule has 1 aliphatic heterocycles. The van der Waals surface area contributed by atoms with E-state index in [0.717, 1.165) is 25.7 Å². The fourth-order valence-electron chi connectivity index (χ4n) is 2.24. The molecule has 0 spiro atoms. The Labute approximate surface area is 96.8 Å². The largest absolute Gasteiger partial charge is 0.363 e. The van der Waals surface area contributed by atoms with Crippen LogP contribution < -0.4 is 0 Å². The topological polar surface area (TPSA) is 52.4 Å². The molecule has 0 amide bonds. The maximum Gasteiger partial charge on any atom is 0.268 e. The van der Waals surface area contributed by atoms with Crippen LogP contribution in [0.2, 0.25) is 0 Å². The summed E-state index contributed by atoms with van der Waals surface area (Å²) >= 11 is 0. The van der Waals surface area contributed by atoms with Gasteiger partial charge >= 0.3 is 0 Å². The van der Waals surface area contributed by atoms with Crippen LogP contribution in [-0.2, 0) is 4.74 Å². The Balaban J connectivity index is 2.75. The smallest absolute Gasteiger partial charge is 0.268 e. The van der Waals surface area contributed by atoms with E-state index >= 15 is 0 Å². The minimum Gasteiger partial charge on any atom is -0.363 e. The predicted octanol–water partition coefficient (Wildman–Crippen LogP) is 2.95. The number of ether oxygens (including phenoxy) is 1. The van der Waals surface area contributed by atoms with Crippen LogP contribution in [0.25, 0.3) is 0 Å². The molecular formula is C12H21NO3. The normalized spacial score (nSPS) is 34.3. The highest BCUT2D eigenvalue weighted by Gasteiger charge is 2.56. The summed E-state index contributed by atoms with van der Waals surface area (Å²) in [5.41, 5.74) is -0.508. The number of nitro groups is 1. The lowest BCUT2D eigenvalue weighted by Crippen LogP contribution is -2.44. The molecule has 0 bridgehead atoms. The first-order valence-corrected chi connectivity index (χ1v) is 5.93. The lowest BCUT2D eigenvalue weighted by molar-refractivity contribution is -0.560. The van der Waals surface area contributed by atoms with Crippen LogP contribution in [0.1, 0.15) is 46.5 Å². The van der Waals surface area contributed by atoms with Crippen LogP contribution >= 0.6 is 0 Å². The molecule has 0 aliphatic carbocycles. The minimum absolute atomic E-state index is 0.206. The molecule has 16 heavy (non-hydrogen) atoms. The Morgan fingerprint density at radius 1 is 1.56 bits per heavy atom. The van der Waals surface area contributed by atoms with E-state index in [1.165, 1.54) is 0 Å². The number of rotatable bonds is 5. The molecule has 4 heteroatoms. The lowest BCUT2D eigenvalue weighted by atomic mass is 9.86. The summed E-state index contributed by atoms with van der Waals surface area (Å²) in [5, 5.41) is 11.2. The van der Waals surface area contributed by atoms with Crippen LogP contribution in [0.4, 0.5) is 0 Å². The second kappa shape index (κ2) is 4.95. The average molecular weight is 227 g/mol. The summed E-state index contributed by atoms with van der Waals surface area (Å²) in [6.07, 6.45) is 3.39. The van der Waals surface area contributed by atoms with E-state index < -0.39 is 5.54 Å². The van der Waals surface area contributed by atoms with Gasteiger partial charge in [-0.15, -0.1) is 0 Å². The molecule has 1 unspecified atom stereocenters. The molecule has 3 atom stereocenters. The van der Waals surface area contributed by atoms with E-state index in [1.807, 2.05) is 6.92 Å². The van der Waals surface area contributed by atoms with E-state index in [0.29, 0.717) is 5.57 Å². The Morgan fingerprint density at radius 3 is 2.69 bits per heavy atom. The highest BCUT2D eigenvalue weighted by atomic mass is 16.6. The van der Waals surface area contributed by atoms with Gasteiger partial charge in [-0.25, -0.2) is 0 Å². The summed E-state index contributed by atoms with van der Waals surface area (Å²) in [5.74, 6) is 0. The minimum atomic E-state index is -1.10. The van der Waals surface area contributed by atoms with E-state index in [1.54, 1.807) is 6.92 Å². The molecule has 1 fully saturated rings. The number of hydrogen-bond donors (Lipinski definition) is 0. The second-order valence-corrected chi connectivity index (χ2v) is 4.69. The quantitative estimate of drug-likeness (QED) is 0.314. The van der Waals surface area contributed by atoms with Crippen LogP contribution in [0.3, 0.4) is 0 Å². The third-order valence-electron chi connectivity index (χ3n) is 3.59. The Hall–Kier alpha value is -0.900. The van der Waals surface area contributed by atoms with Gasteiger partial charge in [-0.05, 0) is 13.3 Å². The summed E-state index contributed by atoms with van der Waals surface area (Å²) in [4.78, 5) is 10.9. The van der Waals surface area contributed by atoms with Crippen molar-refractivity contribution >= 4 is 0 Å². The van der Waals surface area contributed by atoms with Crippen molar-refractivity contribution in [2.75, 3.05) is 0 Å². The van der Waals surface area contributed by atoms with Gasteiger partial charge in [0.05, 0.1) is 6.10 Å². The molecule has 0 aromatic carbocycles. The highest BCUT2D eigenvalue weighted by molar-refractivity contribution is 5.23. The molecule has 0 aromatic heterocycles. The van der Waals surface area contributed by atoms with Crippen LogP contribution in [-0.4, -0.2) is 22.7 Å². The monoisotopic (exact) mass is 227 g/mol. The fraction of sp³-hybridized carbons (Fsp3) is 0.833. The SMILES string of the molecule is C=C1C(C)O[C@@H](CCCCC)[C@]1(C)[N+](=O)[O-]. The number of hydrogen-bond acceptors (Lipinski definition) is 3. The van der Waals surface area contributed by atoms with Crippen molar-refractivity contribution in [1.82, 2.24) is 0 Å². The van der Waals surface area contributed by atoms with Gasteiger partial charge < -0.3 is 4.74 Å². The lowest BCUT2D eigenvalue weighted by Gasteiger charge is -2.22. The van der Waals surface area contributed by atoms with E-state index in [4.69, 9.17) is 4.74 Å². The molecule has 0 aromatic rings. The number of unbranched alkanes of at least 4 members (excludes halogenated alkanes) is 2. The summed E-state index contributed by atoms with van der Waals surface area (Å²) < 4.78 is 5.66. The van der Waals surface area contributed by atoms with Gasteiger partial charge in [-0.1, -0.05) is 32.8 Å². The van der Waals surface area contributed by atoms with Gasteiger partial charge in [0.1, 0.15) is 6.10 Å². The molecule has 4 nitrogen and oxygen atoms in total. The highest BCUT2D eigenvalue weighted by Crippen LogP contribution is 2.39. The zero-order chi connectivity index (χ0) is 12.3. The summed E-state index contributed by atoms with van der Waals surface area (Å²) in [6, 6.07) is 0. The van der Waals surface area contributed by atoms with E-state index in [-0.39, 0.29) is 17.1 Å². The predicted molar refractivity (Wildman–Crippen MR) is 63.0 cm³/mol. The Morgan fingerprint density at radius 2 is 2.19 bits per heavy atom. The van der Waals surface area contributed by atoms with Crippen molar-refractivity contribution in [1.29, 1.82) is 0 Å². The molecule has 1 rings (SSSR count). The van der Waals surface area contributed by atoms with Crippen LogP contribution in [0.15, 0.2) is 12.2 Å². The molecule has 1 aliphatic rings. The van der Waals surface area contributed by atoms with Gasteiger partial charge in [0.2, 0.25) is 0 Å². The van der Waals surface area contributed by atoms with Crippen LogP contribution in [0.5, 0.6) is 0 Å². The standard InChI is InChI=1S/C12H21NO3/c1-5-6-7-8-11-12(4,13(14)15)9(2)10(3)16-11/h10-11H,2,5-8H2,1,3-4H3/t10?,11-,12+/m0/s1. The molecule has 0 N–H and O–H groups in total. The third-order valence-corrected chi connectivity index (χ3v) is 3.59.